The summed E-state index contributed by atoms with van der Waals surface area (Å²) in [6, 6.07) is 8.96. The average molecular weight is 541 g/mol. The number of benzene rings is 2. The Morgan fingerprint density at radius 3 is 2.47 bits per heavy atom. The van der Waals surface area contributed by atoms with E-state index in [1.807, 2.05) is 0 Å². The molecule has 11 heteroatoms. The summed E-state index contributed by atoms with van der Waals surface area (Å²) < 4.78 is 51.9. The summed E-state index contributed by atoms with van der Waals surface area (Å²) in [4.78, 5) is 11.6. The first-order chi connectivity index (χ1) is 17.9. The second-order valence-electron chi connectivity index (χ2n) is 9.53. The Morgan fingerprint density at radius 2 is 1.82 bits per heavy atom. The first-order valence-corrected chi connectivity index (χ1v) is 12.0. The molecule has 2 unspecified atom stereocenters. The van der Waals surface area contributed by atoms with Gasteiger partial charge in [-0.25, -0.2) is 23.1 Å². The quantitative estimate of drug-likeness (QED) is 0.380. The highest BCUT2D eigenvalue weighted by Gasteiger charge is 2.42. The van der Waals surface area contributed by atoms with Gasteiger partial charge >= 0.3 is 0 Å². The second kappa shape index (κ2) is 9.82. The number of fused-ring (bicyclic) bond motifs is 3. The summed E-state index contributed by atoms with van der Waals surface area (Å²) in [6.45, 7) is 0. The van der Waals surface area contributed by atoms with Crippen LogP contribution in [0.3, 0.4) is 0 Å². The molecule has 196 valence electrons. The van der Waals surface area contributed by atoms with Crippen molar-refractivity contribution in [3.8, 4) is 34.2 Å². The van der Waals surface area contributed by atoms with E-state index in [2.05, 4.69) is 9.88 Å². The maximum atomic E-state index is 15.4. The zero-order valence-corrected chi connectivity index (χ0v) is 21.2. The van der Waals surface area contributed by atoms with Crippen LogP contribution in [0.5, 0.6) is 5.75 Å². The minimum atomic E-state index is -1.26. The lowest BCUT2D eigenvalue weighted by molar-refractivity contribution is 0.386. The average Bonchev–Trinajstić information content (AvgIpc) is 3.47. The molecular weight excluding hydrogens is 517 g/mol. The molecule has 0 spiro atoms. The Kier molecular flexibility index (Phi) is 6.67. The van der Waals surface area contributed by atoms with Gasteiger partial charge in [0, 0.05) is 36.1 Å². The van der Waals surface area contributed by atoms with Crippen molar-refractivity contribution >= 4 is 24.0 Å². The summed E-state index contributed by atoms with van der Waals surface area (Å²) in [5, 5.41) is 9.18. The van der Waals surface area contributed by atoms with Crippen molar-refractivity contribution in [2.45, 2.75) is 43.8 Å². The van der Waals surface area contributed by atoms with Crippen molar-refractivity contribution in [1.82, 2.24) is 14.4 Å². The first kappa shape index (κ1) is 25.8. The molecule has 4 heterocycles. The van der Waals surface area contributed by atoms with Crippen LogP contribution in [0.15, 0.2) is 42.7 Å². The predicted molar refractivity (Wildman–Crippen MR) is 139 cm³/mol. The Hall–Kier alpha value is -3.81. The normalized spacial score (nSPS) is 20.3. The fraction of sp³-hybridized carbons (Fsp3) is 0.296. The van der Waals surface area contributed by atoms with E-state index in [0.29, 0.717) is 22.7 Å². The van der Waals surface area contributed by atoms with Crippen LogP contribution in [0.25, 0.3) is 28.0 Å². The van der Waals surface area contributed by atoms with Crippen LogP contribution >= 0.6 is 12.4 Å². The van der Waals surface area contributed by atoms with Crippen LogP contribution in [-0.2, 0) is 0 Å². The molecule has 2 bridgehead atoms. The van der Waals surface area contributed by atoms with Crippen molar-refractivity contribution in [1.29, 1.82) is 5.26 Å². The molecule has 6 rings (SSSR count). The summed E-state index contributed by atoms with van der Waals surface area (Å²) in [5.74, 6) is -2.49. The van der Waals surface area contributed by atoms with Crippen molar-refractivity contribution in [2.24, 2.45) is 5.73 Å². The predicted octanol–water partition coefficient (Wildman–Crippen LogP) is 5.24. The minimum Gasteiger partial charge on any atom is -0.494 e. The number of imidazole rings is 1. The number of nitriles is 1. The molecule has 0 aliphatic carbocycles. The Morgan fingerprint density at radius 1 is 1.08 bits per heavy atom. The lowest BCUT2D eigenvalue weighted by Crippen LogP contribution is -2.48. The maximum Gasteiger partial charge on any atom is 0.212 e. The molecule has 2 aromatic heterocycles. The van der Waals surface area contributed by atoms with Crippen LogP contribution in [0.1, 0.15) is 31.2 Å². The topological polar surface area (TPSA) is 92.5 Å². The van der Waals surface area contributed by atoms with E-state index >= 15 is 4.39 Å². The van der Waals surface area contributed by atoms with Crippen LogP contribution in [0.4, 0.5) is 19.1 Å². The monoisotopic (exact) mass is 540 g/mol. The van der Waals surface area contributed by atoms with Crippen molar-refractivity contribution < 1.29 is 17.9 Å². The molecule has 0 saturated carbocycles. The van der Waals surface area contributed by atoms with E-state index in [0.717, 1.165) is 25.7 Å². The highest BCUT2D eigenvalue weighted by Crippen LogP contribution is 2.43. The molecule has 2 aliphatic heterocycles. The van der Waals surface area contributed by atoms with E-state index in [1.54, 1.807) is 28.9 Å². The summed E-state index contributed by atoms with van der Waals surface area (Å²) in [6.07, 6.45) is 6.87. The molecule has 2 aromatic carbocycles. The zero-order valence-electron chi connectivity index (χ0n) is 20.4. The molecule has 2 saturated heterocycles. The van der Waals surface area contributed by atoms with E-state index in [9.17, 15) is 14.0 Å². The number of hydrogen-bond acceptors (Lipinski definition) is 6. The third-order valence-electron chi connectivity index (χ3n) is 7.43. The van der Waals surface area contributed by atoms with Gasteiger partial charge in [-0.3, -0.25) is 4.40 Å². The van der Waals surface area contributed by atoms with Gasteiger partial charge in [-0.15, -0.1) is 12.4 Å². The van der Waals surface area contributed by atoms with Gasteiger partial charge in [0.15, 0.2) is 23.2 Å². The fourth-order valence-electron chi connectivity index (χ4n) is 5.79. The van der Waals surface area contributed by atoms with Crippen molar-refractivity contribution in [3.05, 3.63) is 65.7 Å². The van der Waals surface area contributed by atoms with E-state index in [-0.39, 0.29) is 47.5 Å². The van der Waals surface area contributed by atoms with Gasteiger partial charge < -0.3 is 15.4 Å². The molecule has 2 atom stereocenters. The van der Waals surface area contributed by atoms with E-state index < -0.39 is 23.0 Å². The maximum absolute atomic E-state index is 15.4. The largest absolute Gasteiger partial charge is 0.494 e. The smallest absolute Gasteiger partial charge is 0.212 e. The minimum absolute atomic E-state index is 0. The molecule has 0 amide bonds. The molecule has 2 N–H and O–H groups in total. The van der Waals surface area contributed by atoms with Gasteiger partial charge in [0.05, 0.1) is 23.9 Å². The van der Waals surface area contributed by atoms with Crippen LogP contribution in [-0.4, -0.2) is 39.6 Å². The molecule has 2 fully saturated rings. The molecule has 38 heavy (non-hydrogen) atoms. The number of ether oxygens (including phenoxy) is 1. The van der Waals surface area contributed by atoms with Gasteiger partial charge in [0.2, 0.25) is 5.95 Å². The van der Waals surface area contributed by atoms with Crippen molar-refractivity contribution in [2.75, 3.05) is 12.0 Å². The molecule has 7 nitrogen and oxygen atoms in total. The number of nitrogens with zero attached hydrogens (tertiary/aromatic N) is 5. The molecular formula is C27H24ClF3N6O. The molecule has 2 aliphatic rings. The van der Waals surface area contributed by atoms with Gasteiger partial charge in [-0.2, -0.15) is 5.26 Å². The highest BCUT2D eigenvalue weighted by atomic mass is 35.5. The number of aromatic nitrogens is 3. The Balaban J connectivity index is 0.00000294. The second-order valence-corrected chi connectivity index (χ2v) is 9.53. The van der Waals surface area contributed by atoms with Crippen LogP contribution in [0, 0.1) is 28.8 Å². The highest BCUT2D eigenvalue weighted by molar-refractivity contribution is 5.91. The first-order valence-electron chi connectivity index (χ1n) is 12.0. The van der Waals surface area contributed by atoms with E-state index in [1.165, 1.54) is 31.4 Å². The standard InChI is InChI=1S/C27H23F3N6O.ClH/c1-37-21-7-3-14(10-20(21)28)22-25(19-6-2-15(13-31)23(29)24(19)30)34-27(35-9-8-33-26(22)35)36-17-4-5-18(36)12-16(32)11-17;/h2-3,6-10,16-18H,4-5,11-12,32H2,1H3;1H. The number of rotatable bonds is 4. The zero-order chi connectivity index (χ0) is 25.8. The van der Waals surface area contributed by atoms with E-state index in [4.69, 9.17) is 15.5 Å². The van der Waals surface area contributed by atoms with Gasteiger partial charge in [-0.1, -0.05) is 6.07 Å². The molecule has 4 aromatic rings. The summed E-state index contributed by atoms with van der Waals surface area (Å²) >= 11 is 0. The summed E-state index contributed by atoms with van der Waals surface area (Å²) in [7, 11) is 1.36. The Bertz CT molecular complexity index is 1570. The fourth-order valence-corrected chi connectivity index (χ4v) is 5.79. The van der Waals surface area contributed by atoms with Crippen LogP contribution in [0.2, 0.25) is 0 Å². The van der Waals surface area contributed by atoms with Gasteiger partial charge in [-0.05, 0) is 55.5 Å². The molecule has 0 radical (unpaired) electrons. The van der Waals surface area contributed by atoms with Gasteiger partial charge in [0.25, 0.3) is 0 Å². The lowest BCUT2D eigenvalue weighted by Gasteiger charge is -2.39. The Labute approximate surface area is 223 Å². The SMILES string of the molecule is COc1ccc(-c2c(-c3ccc(C#N)c(F)c3F)nc(N3C4CCC3CC(N)C4)n3ccnc23)cc1F.Cl. The number of hydrogen-bond donors (Lipinski definition) is 1. The number of nitrogens with two attached hydrogens (primary N) is 1. The third kappa shape index (κ3) is 3.94. The van der Waals surface area contributed by atoms with Gasteiger partial charge in [0.1, 0.15) is 11.7 Å². The number of methoxy groups -OCH3 is 1. The van der Waals surface area contributed by atoms with Crippen LogP contribution < -0.4 is 15.4 Å². The number of piperidine rings is 1. The number of halogens is 4. The summed E-state index contributed by atoms with van der Waals surface area (Å²) in [5.41, 5.74) is 6.95. The van der Waals surface area contributed by atoms with Crippen molar-refractivity contribution in [3.63, 3.8) is 0 Å². The lowest BCUT2D eigenvalue weighted by atomic mass is 9.97. The third-order valence-corrected chi connectivity index (χ3v) is 7.43. The number of anilines is 1.